The maximum atomic E-state index is 3.51. The van der Waals surface area contributed by atoms with Crippen LogP contribution in [0.1, 0.15) is 22.3 Å². The van der Waals surface area contributed by atoms with Crippen molar-refractivity contribution in [2.45, 2.75) is 0 Å². The van der Waals surface area contributed by atoms with E-state index in [9.17, 15) is 0 Å². The lowest BCUT2D eigenvalue weighted by Crippen LogP contribution is -1.88. The van der Waals surface area contributed by atoms with Gasteiger partial charge in [-0.1, -0.05) is 133 Å². The van der Waals surface area contributed by atoms with E-state index in [-0.39, 0.29) is 0 Å². The van der Waals surface area contributed by atoms with E-state index in [0.29, 0.717) is 0 Å². The molecule has 0 saturated heterocycles. The predicted octanol–water partition coefficient (Wildman–Crippen LogP) is 13.2. The number of hydrogen-bond donors (Lipinski definition) is 0. The second-order valence-electron chi connectivity index (χ2n) is 14.2. The molecule has 0 amide bonds. The highest BCUT2D eigenvalue weighted by Gasteiger charge is 2.12. The summed E-state index contributed by atoms with van der Waals surface area (Å²) in [6.07, 6.45) is 0. The molecule has 0 aliphatic rings. The van der Waals surface area contributed by atoms with Gasteiger partial charge in [0.15, 0.2) is 0 Å². The second-order valence-corrected chi connectivity index (χ2v) is 14.2. The fraction of sp³-hybridized carbons (Fsp3) is 0. The zero-order chi connectivity index (χ0) is 33.9. The third-order valence-electron chi connectivity index (χ3n) is 11.2. The molecular weight excluding hydrogens is 625 g/mol. The van der Waals surface area contributed by atoms with E-state index in [1.165, 1.54) is 97.0 Å². The molecule has 0 aromatic heterocycles. The summed E-state index contributed by atoms with van der Waals surface area (Å²) in [6.45, 7) is 0. The lowest BCUT2D eigenvalue weighted by Gasteiger charge is -2.12. The maximum absolute atomic E-state index is 3.51. The first kappa shape index (κ1) is 27.7. The number of rotatable bonds is 0. The van der Waals surface area contributed by atoms with Crippen molar-refractivity contribution < 1.29 is 0 Å². The molecule has 52 heavy (non-hydrogen) atoms. The predicted molar refractivity (Wildman–Crippen MR) is 222 cm³/mol. The Bertz CT molecular complexity index is 3140. The highest BCUT2D eigenvalue weighted by molar-refractivity contribution is 6.25. The Kier molecular flexibility index (Phi) is 5.44. The molecule has 0 radical (unpaired) electrons. The van der Waals surface area contributed by atoms with E-state index in [1.54, 1.807) is 0 Å². The summed E-state index contributed by atoms with van der Waals surface area (Å²) < 4.78 is 0. The van der Waals surface area contributed by atoms with Gasteiger partial charge < -0.3 is 0 Å². The summed E-state index contributed by atoms with van der Waals surface area (Å²) in [7, 11) is 0. The first-order valence-electron chi connectivity index (χ1n) is 17.8. The van der Waals surface area contributed by atoms with Crippen LogP contribution >= 0.6 is 0 Å². The molecule has 0 nitrogen and oxygen atoms in total. The van der Waals surface area contributed by atoms with Crippen LogP contribution in [0.4, 0.5) is 0 Å². The molecule has 12 aromatic carbocycles. The summed E-state index contributed by atoms with van der Waals surface area (Å²) in [5.41, 5.74) is 4.12. The van der Waals surface area contributed by atoms with Crippen LogP contribution in [0.5, 0.6) is 0 Å². The van der Waals surface area contributed by atoms with E-state index < -0.39 is 0 Å². The van der Waals surface area contributed by atoms with Crippen LogP contribution < -0.4 is 0 Å². The molecule has 234 valence electrons. The largest absolute Gasteiger partial charge is 0.0616 e. The standard InChI is InChI=1S/C52H26/c1-3-35-11-15-39-23-31(24-40-16-12-36(4-1)47(35)49(39)40)7-9-33-27-43-19-21-45-29-34(30-46-22-20-44(28-33)51(43)52(45)46)10-8-32-25-41-17-13-37-5-2-6-38-14-18-42(26-32)50(41)48(37)38/h1-6,11-30H. The SMILES string of the molecule is C(#Cc1cc2ccc3cc(C#Cc4cc5ccc6cccc7ccc(c4)c5c67)cc4ccc(c1)c2c34)c1cc2ccc3cccc4ccc(c1)c2c34. The molecule has 0 fully saturated rings. The minimum absolute atomic E-state index is 1.02. The van der Waals surface area contributed by atoms with Crippen LogP contribution in [0, 0.1) is 23.7 Å². The van der Waals surface area contributed by atoms with E-state index in [4.69, 9.17) is 0 Å². The lowest BCUT2D eigenvalue weighted by atomic mass is 9.91. The zero-order valence-electron chi connectivity index (χ0n) is 28.0. The summed E-state index contributed by atoms with van der Waals surface area (Å²) in [6, 6.07) is 57.7. The molecule has 0 aliphatic carbocycles. The van der Waals surface area contributed by atoms with Crippen molar-refractivity contribution in [1.29, 1.82) is 0 Å². The molecule has 0 saturated carbocycles. The minimum Gasteiger partial charge on any atom is -0.0616 e. The molecule has 0 aliphatic heterocycles. The fourth-order valence-corrected chi connectivity index (χ4v) is 8.92. The fourth-order valence-electron chi connectivity index (χ4n) is 8.92. The van der Waals surface area contributed by atoms with Crippen molar-refractivity contribution in [1.82, 2.24) is 0 Å². The smallest absolute Gasteiger partial charge is 0.0261 e. The van der Waals surface area contributed by atoms with E-state index in [1.807, 2.05) is 0 Å². The van der Waals surface area contributed by atoms with Crippen LogP contribution in [0.3, 0.4) is 0 Å². The van der Waals surface area contributed by atoms with Crippen LogP contribution in [0.15, 0.2) is 158 Å². The van der Waals surface area contributed by atoms with Gasteiger partial charge in [0, 0.05) is 22.3 Å². The van der Waals surface area contributed by atoms with Crippen molar-refractivity contribution in [3.63, 3.8) is 0 Å². The molecule has 0 spiro atoms. The first-order valence-corrected chi connectivity index (χ1v) is 17.8. The Balaban J connectivity index is 0.917. The Hall–Kier alpha value is -7.12. The molecule has 0 heterocycles. The monoisotopic (exact) mass is 650 g/mol. The summed E-state index contributed by atoms with van der Waals surface area (Å²) >= 11 is 0. The van der Waals surface area contributed by atoms with Gasteiger partial charge in [0.2, 0.25) is 0 Å². The Morgan fingerprint density at radius 2 is 0.365 bits per heavy atom. The van der Waals surface area contributed by atoms with Crippen LogP contribution in [0.2, 0.25) is 0 Å². The van der Waals surface area contributed by atoms with E-state index >= 15 is 0 Å². The Morgan fingerprint density at radius 3 is 0.577 bits per heavy atom. The van der Waals surface area contributed by atoms with Gasteiger partial charge in [-0.25, -0.2) is 0 Å². The van der Waals surface area contributed by atoms with Gasteiger partial charge in [-0.05, 0) is 145 Å². The average Bonchev–Trinajstić information content (AvgIpc) is 3.19. The van der Waals surface area contributed by atoms with Gasteiger partial charge in [-0.3, -0.25) is 0 Å². The third-order valence-corrected chi connectivity index (χ3v) is 11.2. The van der Waals surface area contributed by atoms with Crippen LogP contribution in [0.25, 0.3) is 97.0 Å². The maximum Gasteiger partial charge on any atom is 0.0261 e. The normalized spacial score (nSPS) is 11.9. The van der Waals surface area contributed by atoms with Gasteiger partial charge in [0.05, 0.1) is 0 Å². The molecular formula is C52H26. The first-order chi connectivity index (χ1) is 25.7. The highest BCUT2D eigenvalue weighted by atomic mass is 14.2. The third kappa shape index (κ3) is 4.01. The topological polar surface area (TPSA) is 0 Å². The summed E-state index contributed by atoms with van der Waals surface area (Å²) in [5, 5.41) is 22.8. The molecule has 0 unspecified atom stereocenters. The zero-order valence-corrected chi connectivity index (χ0v) is 28.0. The van der Waals surface area contributed by atoms with E-state index in [0.717, 1.165) is 22.3 Å². The van der Waals surface area contributed by atoms with Crippen molar-refractivity contribution >= 4 is 97.0 Å². The van der Waals surface area contributed by atoms with Gasteiger partial charge in [0.25, 0.3) is 0 Å². The van der Waals surface area contributed by atoms with Gasteiger partial charge in [-0.15, -0.1) is 0 Å². The molecule has 0 atom stereocenters. The second kappa shape index (κ2) is 10.2. The minimum atomic E-state index is 1.02. The molecule has 0 bridgehead atoms. The van der Waals surface area contributed by atoms with Crippen molar-refractivity contribution in [3.05, 3.63) is 180 Å². The molecule has 12 aromatic rings. The van der Waals surface area contributed by atoms with Gasteiger partial charge in [-0.2, -0.15) is 0 Å². The van der Waals surface area contributed by atoms with Crippen molar-refractivity contribution in [3.8, 4) is 23.7 Å². The van der Waals surface area contributed by atoms with E-state index in [2.05, 4.69) is 181 Å². The Labute approximate surface area is 299 Å². The number of hydrogen-bond acceptors (Lipinski definition) is 0. The van der Waals surface area contributed by atoms with Gasteiger partial charge in [0.1, 0.15) is 0 Å². The molecule has 0 heteroatoms. The molecule has 12 rings (SSSR count). The van der Waals surface area contributed by atoms with Gasteiger partial charge >= 0.3 is 0 Å². The summed E-state index contributed by atoms with van der Waals surface area (Å²) in [5.74, 6) is 14.0. The van der Waals surface area contributed by atoms with Crippen LogP contribution in [-0.4, -0.2) is 0 Å². The molecule has 0 N–H and O–H groups in total. The quantitative estimate of drug-likeness (QED) is 0.113. The Morgan fingerprint density at radius 1 is 0.192 bits per heavy atom. The van der Waals surface area contributed by atoms with Crippen molar-refractivity contribution in [2.75, 3.05) is 0 Å². The number of benzene rings is 12. The summed E-state index contributed by atoms with van der Waals surface area (Å²) in [4.78, 5) is 0. The van der Waals surface area contributed by atoms with Crippen molar-refractivity contribution in [2.24, 2.45) is 0 Å². The highest BCUT2D eigenvalue weighted by Crippen LogP contribution is 2.38. The average molecular weight is 651 g/mol. The van der Waals surface area contributed by atoms with Crippen LogP contribution in [-0.2, 0) is 0 Å². The lowest BCUT2D eigenvalue weighted by molar-refractivity contribution is 1.69.